The minimum absolute atomic E-state index is 0.0421. The lowest BCUT2D eigenvalue weighted by atomic mass is 9.88. The monoisotopic (exact) mass is 719 g/mol. The van der Waals surface area contributed by atoms with E-state index in [0.29, 0.717) is 22.9 Å². The largest absolute Gasteiger partial charge is 0.458 e. The minimum atomic E-state index is -1.47. The summed E-state index contributed by atoms with van der Waals surface area (Å²) < 4.78 is 30.2. The van der Waals surface area contributed by atoms with E-state index >= 15 is 0 Å². The Morgan fingerprint density at radius 1 is 0.673 bits per heavy atom. The van der Waals surface area contributed by atoms with Gasteiger partial charge in [-0.3, -0.25) is 18.7 Å². The zero-order chi connectivity index (χ0) is 39.5. The first-order valence-electron chi connectivity index (χ1n) is 19.8. The molecule has 4 heterocycles. The van der Waals surface area contributed by atoms with Crippen LogP contribution in [0.2, 0.25) is 0 Å². The molecule has 0 unspecified atom stereocenters. The molecule has 55 heavy (non-hydrogen) atoms. The van der Waals surface area contributed by atoms with E-state index in [1.807, 2.05) is 102 Å². The Bertz CT molecular complexity index is 2940. The van der Waals surface area contributed by atoms with Gasteiger partial charge in [-0.25, -0.2) is 4.98 Å². The molecule has 9 rings (SSSR count). The number of hydrogen-bond acceptors (Lipinski definition) is 3. The maximum absolute atomic E-state index is 8.71. The number of para-hydroxylation sites is 2. The van der Waals surface area contributed by atoms with Crippen LogP contribution in [0.25, 0.3) is 61.3 Å². The third-order valence-electron chi connectivity index (χ3n) is 9.99. The van der Waals surface area contributed by atoms with Crippen LogP contribution in [-0.2, 0) is 11.8 Å². The van der Waals surface area contributed by atoms with Gasteiger partial charge in [-0.2, -0.15) is 0 Å². The molecule has 0 bridgehead atoms. The highest BCUT2D eigenvalue weighted by atomic mass is 16.5. The molecule has 0 radical (unpaired) electrons. The number of imidazole rings is 1. The first-order valence-corrected chi connectivity index (χ1v) is 18.8. The van der Waals surface area contributed by atoms with Crippen molar-refractivity contribution < 1.29 is 12.0 Å². The number of fused-ring (bicyclic) bond motifs is 4. The van der Waals surface area contributed by atoms with Gasteiger partial charge in [0.2, 0.25) is 0 Å². The van der Waals surface area contributed by atoms with Gasteiger partial charge in [-0.05, 0) is 89.0 Å². The van der Waals surface area contributed by atoms with Gasteiger partial charge in [0, 0.05) is 38.0 Å². The third kappa shape index (κ3) is 6.54. The summed E-state index contributed by atoms with van der Waals surface area (Å²) in [6, 6.07) is 47.1. The van der Waals surface area contributed by atoms with E-state index in [2.05, 4.69) is 98.4 Å². The second-order valence-electron chi connectivity index (χ2n) is 15.3. The number of pyridine rings is 2. The fraction of sp³-hybridized carbons (Fsp3) is 0.163. The second kappa shape index (κ2) is 13.7. The average molecular weight is 720 g/mol. The molecule has 6 nitrogen and oxygen atoms in total. The summed E-state index contributed by atoms with van der Waals surface area (Å²) in [5, 5.41) is 2.25. The van der Waals surface area contributed by atoms with Crippen LogP contribution in [0.15, 0.2) is 152 Å². The van der Waals surface area contributed by atoms with E-state index in [-0.39, 0.29) is 11.3 Å². The van der Waals surface area contributed by atoms with E-state index < -0.39 is 6.37 Å². The van der Waals surface area contributed by atoms with Crippen molar-refractivity contribution in [3.05, 3.63) is 169 Å². The van der Waals surface area contributed by atoms with Crippen molar-refractivity contribution in [2.24, 2.45) is 5.92 Å². The van der Waals surface area contributed by atoms with E-state index in [4.69, 9.17) is 17.4 Å². The standard InChI is InChI=1S/C49H43N5O/c1-33(2)26-34-12-11-15-38(27-34)52-32-53(45-17-10-9-16-44(45)52)47-31-40(23-25-50-47)55-39-19-20-41-42-28-36(35-13-7-6-8-14-35)18-21-43(42)54(46(41)30-39)48-29-37(22-24-51-48)49(3,4)5/h6-25,27-31,33H,26H2,1-5H3/i26D2. The molecule has 4 aromatic heterocycles. The fourth-order valence-electron chi connectivity index (χ4n) is 7.34. The Morgan fingerprint density at radius 2 is 1.45 bits per heavy atom. The molecule has 0 atom stereocenters. The molecule has 0 aliphatic heterocycles. The highest BCUT2D eigenvalue weighted by Gasteiger charge is 2.20. The smallest absolute Gasteiger partial charge is 0.271 e. The number of hydrogen-bond donors (Lipinski definition) is 0. The fourth-order valence-corrected chi connectivity index (χ4v) is 7.34. The summed E-state index contributed by atoms with van der Waals surface area (Å²) in [5.74, 6) is 2.64. The van der Waals surface area contributed by atoms with Crippen LogP contribution in [0.1, 0.15) is 48.5 Å². The molecule has 0 aliphatic carbocycles. The summed E-state index contributed by atoms with van der Waals surface area (Å²) in [6.45, 7) is 10.5. The first-order chi connectivity index (χ1) is 27.5. The van der Waals surface area contributed by atoms with Crippen molar-refractivity contribution in [2.45, 2.75) is 46.4 Å². The summed E-state index contributed by atoms with van der Waals surface area (Å²) >= 11 is 0. The van der Waals surface area contributed by atoms with Crippen molar-refractivity contribution >= 4 is 32.8 Å². The quantitative estimate of drug-likeness (QED) is 0.116. The highest BCUT2D eigenvalue weighted by molar-refractivity contribution is 6.10. The minimum Gasteiger partial charge on any atom is -0.458 e. The van der Waals surface area contributed by atoms with Gasteiger partial charge in [0.05, 0.1) is 27.8 Å². The summed E-state index contributed by atoms with van der Waals surface area (Å²) in [5.41, 5.74) is 8.84. The van der Waals surface area contributed by atoms with Gasteiger partial charge < -0.3 is 4.74 Å². The van der Waals surface area contributed by atoms with Crippen LogP contribution in [-0.4, -0.2) is 19.1 Å². The molecular weight excluding hydrogens is 675 g/mol. The van der Waals surface area contributed by atoms with Crippen LogP contribution >= 0.6 is 0 Å². The Hall–Kier alpha value is -6.53. The van der Waals surface area contributed by atoms with E-state index in [9.17, 15) is 0 Å². The Morgan fingerprint density at radius 3 is 2.29 bits per heavy atom. The van der Waals surface area contributed by atoms with E-state index in [1.165, 1.54) is 11.1 Å². The number of nitrogens with zero attached hydrogens (tertiary/aromatic N) is 5. The van der Waals surface area contributed by atoms with Crippen molar-refractivity contribution in [2.75, 3.05) is 0 Å². The first kappa shape index (κ1) is 31.9. The zero-order valence-electron chi connectivity index (χ0n) is 33.7. The summed E-state index contributed by atoms with van der Waals surface area (Å²) in [6.07, 6.45) is 5.67. The molecule has 0 amide bonds. The number of rotatable bonds is 8. The maximum Gasteiger partial charge on any atom is 0.271 e. The molecule has 270 valence electrons. The number of aromatic nitrogens is 5. The lowest BCUT2D eigenvalue weighted by Crippen LogP contribution is -2.29. The lowest BCUT2D eigenvalue weighted by Gasteiger charge is -2.20. The van der Waals surface area contributed by atoms with Crippen LogP contribution < -0.4 is 9.30 Å². The van der Waals surface area contributed by atoms with Crippen molar-refractivity contribution in [3.63, 3.8) is 0 Å². The normalized spacial score (nSPS) is 12.8. The molecule has 0 saturated carbocycles. The predicted molar refractivity (Wildman–Crippen MR) is 223 cm³/mol. The van der Waals surface area contributed by atoms with Crippen LogP contribution in [0.3, 0.4) is 0 Å². The van der Waals surface area contributed by atoms with Gasteiger partial charge in [0.25, 0.3) is 6.33 Å². The molecule has 6 heteroatoms. The molecular formula is C49H43N5O. The molecule has 9 aromatic rings. The maximum atomic E-state index is 8.71. The Kier molecular flexibility index (Phi) is 7.96. The predicted octanol–water partition coefficient (Wildman–Crippen LogP) is 11.5. The molecule has 0 fully saturated rings. The van der Waals surface area contributed by atoms with Crippen molar-refractivity contribution in [1.29, 1.82) is 0 Å². The van der Waals surface area contributed by atoms with Crippen LogP contribution in [0, 0.1) is 12.2 Å². The molecule has 0 aliphatic rings. The Labute approximate surface area is 324 Å². The number of benzene rings is 5. The molecule has 0 saturated heterocycles. The molecule has 0 N–H and O–H groups in total. The number of ether oxygens (including phenoxy) is 1. The van der Waals surface area contributed by atoms with E-state index in [1.54, 1.807) is 6.20 Å². The van der Waals surface area contributed by atoms with Gasteiger partial charge in [0.1, 0.15) is 17.3 Å². The second-order valence-corrected chi connectivity index (χ2v) is 15.3. The molecule has 5 aromatic carbocycles. The SMILES string of the molecule is [2H]C([2H])(c1cccc(-[n+]2[c-]n(-c3cc(Oc4ccc5c6cc(-c7ccccc7)ccc6n(-c6cc(C(C)(C)C)ccn6)c5c4)ccn3)c3ccccc32)c1)C(C)C. The molecule has 0 spiro atoms. The van der Waals surface area contributed by atoms with Crippen molar-refractivity contribution in [1.82, 2.24) is 19.1 Å². The third-order valence-corrected chi connectivity index (χ3v) is 9.99. The summed E-state index contributed by atoms with van der Waals surface area (Å²) in [7, 11) is 0. The van der Waals surface area contributed by atoms with Gasteiger partial charge in [0.15, 0.2) is 5.82 Å². The zero-order valence-corrected chi connectivity index (χ0v) is 31.7. The van der Waals surface area contributed by atoms with Crippen molar-refractivity contribution in [3.8, 4) is 39.9 Å². The topological polar surface area (TPSA) is 48.8 Å². The average Bonchev–Trinajstić information content (AvgIpc) is 3.77. The lowest BCUT2D eigenvalue weighted by molar-refractivity contribution is -0.572. The van der Waals surface area contributed by atoms with Gasteiger partial charge in [-0.1, -0.05) is 113 Å². The van der Waals surface area contributed by atoms with Gasteiger partial charge in [-0.15, -0.1) is 0 Å². The van der Waals surface area contributed by atoms with Crippen LogP contribution in [0.4, 0.5) is 0 Å². The highest BCUT2D eigenvalue weighted by Crippen LogP contribution is 2.38. The summed E-state index contributed by atoms with van der Waals surface area (Å²) in [4.78, 5) is 9.64. The van der Waals surface area contributed by atoms with E-state index in [0.717, 1.165) is 49.9 Å². The van der Waals surface area contributed by atoms with Gasteiger partial charge >= 0.3 is 0 Å². The Balaban J connectivity index is 1.13. The van der Waals surface area contributed by atoms with Crippen LogP contribution in [0.5, 0.6) is 11.5 Å².